The van der Waals surface area contributed by atoms with Gasteiger partial charge in [0.1, 0.15) is 0 Å². The molecule has 2 unspecified atom stereocenters. The third kappa shape index (κ3) is 3.98. The minimum atomic E-state index is 0.250. The van der Waals surface area contributed by atoms with Crippen molar-refractivity contribution in [1.82, 2.24) is 15.1 Å². The highest BCUT2D eigenvalue weighted by Crippen LogP contribution is 2.23. The summed E-state index contributed by atoms with van der Waals surface area (Å²) in [5, 5.41) is 3.32. The van der Waals surface area contributed by atoms with Gasteiger partial charge in [0, 0.05) is 26.2 Å². The number of likely N-dealkylation sites (tertiary alicyclic amines) is 2. The van der Waals surface area contributed by atoms with E-state index < -0.39 is 0 Å². The molecule has 2 atom stereocenters. The van der Waals surface area contributed by atoms with Gasteiger partial charge in [0.15, 0.2) is 0 Å². The van der Waals surface area contributed by atoms with E-state index in [1.807, 2.05) is 0 Å². The third-order valence-corrected chi connectivity index (χ3v) is 5.63. The molecule has 1 N–H and O–H groups in total. The second-order valence-corrected chi connectivity index (χ2v) is 7.47. The van der Waals surface area contributed by atoms with Crippen LogP contribution in [0, 0.1) is 17.8 Å². The van der Waals surface area contributed by atoms with Crippen LogP contribution < -0.4 is 5.32 Å². The molecular weight excluding hydrogens is 262 g/mol. The van der Waals surface area contributed by atoms with Crippen molar-refractivity contribution in [2.75, 3.05) is 45.8 Å². The van der Waals surface area contributed by atoms with Gasteiger partial charge in [-0.3, -0.25) is 4.79 Å². The average Bonchev–Trinajstić information content (AvgIpc) is 3.03. The van der Waals surface area contributed by atoms with Crippen molar-refractivity contribution in [1.29, 1.82) is 0 Å². The highest BCUT2D eigenvalue weighted by atomic mass is 16.2. The molecule has 0 aromatic heterocycles. The lowest BCUT2D eigenvalue weighted by Gasteiger charge is -2.38. The fourth-order valence-corrected chi connectivity index (χ4v) is 4.15. The summed E-state index contributed by atoms with van der Waals surface area (Å²) in [5.41, 5.74) is 0. The first kappa shape index (κ1) is 15.3. The number of carbonyl (C=O) groups excluding carboxylic acids is 1. The van der Waals surface area contributed by atoms with E-state index in [9.17, 15) is 4.79 Å². The lowest BCUT2D eigenvalue weighted by molar-refractivity contribution is -0.136. The molecule has 3 rings (SSSR count). The Morgan fingerprint density at radius 1 is 1.14 bits per heavy atom. The van der Waals surface area contributed by atoms with E-state index in [-0.39, 0.29) is 5.92 Å². The van der Waals surface area contributed by atoms with Crippen LogP contribution in [0.15, 0.2) is 0 Å². The molecule has 0 aromatic carbocycles. The van der Waals surface area contributed by atoms with Crippen LogP contribution in [-0.4, -0.2) is 61.5 Å². The van der Waals surface area contributed by atoms with Crippen LogP contribution in [0.5, 0.6) is 0 Å². The molecule has 0 radical (unpaired) electrons. The average molecular weight is 293 g/mol. The normalized spacial score (nSPS) is 32.5. The largest absolute Gasteiger partial charge is 0.342 e. The maximum Gasteiger partial charge on any atom is 0.227 e. The van der Waals surface area contributed by atoms with Crippen LogP contribution in [0.4, 0.5) is 0 Å². The van der Waals surface area contributed by atoms with Gasteiger partial charge in [-0.15, -0.1) is 0 Å². The SMILES string of the molecule is CC1CCN(CC2CCCN(C(=O)C3CCNC3)C2)CC1. The van der Waals surface area contributed by atoms with Gasteiger partial charge in [-0.25, -0.2) is 0 Å². The summed E-state index contributed by atoms with van der Waals surface area (Å²) in [7, 11) is 0. The maximum absolute atomic E-state index is 12.6. The smallest absolute Gasteiger partial charge is 0.227 e. The molecular formula is C17H31N3O. The van der Waals surface area contributed by atoms with E-state index in [1.54, 1.807) is 0 Å². The van der Waals surface area contributed by atoms with Gasteiger partial charge in [-0.2, -0.15) is 0 Å². The Morgan fingerprint density at radius 3 is 2.67 bits per heavy atom. The Balaban J connectivity index is 1.47. The van der Waals surface area contributed by atoms with E-state index in [1.165, 1.54) is 45.3 Å². The summed E-state index contributed by atoms with van der Waals surface area (Å²) in [6.45, 7) is 10.00. The molecule has 1 amide bonds. The molecule has 4 heteroatoms. The third-order valence-electron chi connectivity index (χ3n) is 5.63. The molecule has 21 heavy (non-hydrogen) atoms. The molecule has 0 aliphatic carbocycles. The van der Waals surface area contributed by atoms with Crippen LogP contribution in [0.2, 0.25) is 0 Å². The standard InChI is InChI=1S/C17H31N3O/c1-14-5-9-19(10-6-14)12-15-3-2-8-20(13-15)17(21)16-4-7-18-11-16/h14-16,18H,2-13H2,1H3. The highest BCUT2D eigenvalue weighted by molar-refractivity contribution is 5.79. The van der Waals surface area contributed by atoms with Gasteiger partial charge >= 0.3 is 0 Å². The summed E-state index contributed by atoms with van der Waals surface area (Å²) >= 11 is 0. The minimum Gasteiger partial charge on any atom is -0.342 e. The predicted octanol–water partition coefficient (Wildman–Crippen LogP) is 1.57. The first-order chi connectivity index (χ1) is 10.2. The van der Waals surface area contributed by atoms with Crippen molar-refractivity contribution in [3.05, 3.63) is 0 Å². The molecule has 0 aromatic rings. The van der Waals surface area contributed by atoms with Crippen molar-refractivity contribution in [3.63, 3.8) is 0 Å². The van der Waals surface area contributed by atoms with Crippen LogP contribution in [0.3, 0.4) is 0 Å². The Bertz CT molecular complexity index is 346. The minimum absolute atomic E-state index is 0.250. The van der Waals surface area contributed by atoms with Crippen molar-refractivity contribution in [3.8, 4) is 0 Å². The lowest BCUT2D eigenvalue weighted by Crippen LogP contribution is -2.47. The number of hydrogen-bond donors (Lipinski definition) is 1. The second kappa shape index (κ2) is 7.10. The van der Waals surface area contributed by atoms with E-state index >= 15 is 0 Å². The number of nitrogens with one attached hydrogen (secondary N) is 1. The summed E-state index contributed by atoms with van der Waals surface area (Å²) in [6.07, 6.45) is 6.23. The molecule has 3 fully saturated rings. The van der Waals surface area contributed by atoms with Gasteiger partial charge in [0.25, 0.3) is 0 Å². The summed E-state index contributed by atoms with van der Waals surface area (Å²) < 4.78 is 0. The number of hydrogen-bond acceptors (Lipinski definition) is 3. The molecule has 120 valence electrons. The monoisotopic (exact) mass is 293 g/mol. The highest BCUT2D eigenvalue weighted by Gasteiger charge is 2.31. The number of carbonyl (C=O) groups is 1. The first-order valence-electron chi connectivity index (χ1n) is 8.94. The van der Waals surface area contributed by atoms with Crippen LogP contribution in [0.1, 0.15) is 39.0 Å². The van der Waals surface area contributed by atoms with Crippen LogP contribution in [0.25, 0.3) is 0 Å². The Kier molecular flexibility index (Phi) is 5.17. The van der Waals surface area contributed by atoms with Gasteiger partial charge < -0.3 is 15.1 Å². The molecule has 0 bridgehead atoms. The number of amides is 1. The summed E-state index contributed by atoms with van der Waals surface area (Å²) in [5.74, 6) is 2.27. The van der Waals surface area contributed by atoms with Crippen molar-refractivity contribution in [2.24, 2.45) is 17.8 Å². The molecule has 4 nitrogen and oxygen atoms in total. The summed E-state index contributed by atoms with van der Waals surface area (Å²) in [4.78, 5) is 17.4. The molecule has 0 saturated carbocycles. The summed E-state index contributed by atoms with van der Waals surface area (Å²) in [6, 6.07) is 0. The quantitative estimate of drug-likeness (QED) is 0.858. The molecule has 3 saturated heterocycles. The van der Waals surface area contributed by atoms with E-state index in [0.717, 1.165) is 38.5 Å². The Labute approximate surface area is 129 Å². The molecule has 0 spiro atoms. The zero-order valence-electron chi connectivity index (χ0n) is 13.5. The van der Waals surface area contributed by atoms with E-state index in [2.05, 4.69) is 22.0 Å². The van der Waals surface area contributed by atoms with Gasteiger partial charge in [0.05, 0.1) is 5.92 Å². The van der Waals surface area contributed by atoms with Crippen molar-refractivity contribution >= 4 is 5.91 Å². The number of nitrogens with zero attached hydrogens (tertiary/aromatic N) is 2. The molecule has 3 aliphatic heterocycles. The van der Waals surface area contributed by atoms with Gasteiger partial charge in [-0.1, -0.05) is 6.92 Å². The van der Waals surface area contributed by atoms with Crippen molar-refractivity contribution < 1.29 is 4.79 Å². The van der Waals surface area contributed by atoms with Gasteiger partial charge in [-0.05, 0) is 63.6 Å². The molecule has 3 heterocycles. The van der Waals surface area contributed by atoms with E-state index in [4.69, 9.17) is 0 Å². The zero-order chi connectivity index (χ0) is 14.7. The lowest BCUT2D eigenvalue weighted by atomic mass is 9.93. The van der Waals surface area contributed by atoms with Crippen LogP contribution in [-0.2, 0) is 4.79 Å². The number of piperidine rings is 2. The Hall–Kier alpha value is -0.610. The molecule has 3 aliphatic rings. The first-order valence-corrected chi connectivity index (χ1v) is 8.94. The predicted molar refractivity (Wildman–Crippen MR) is 85.1 cm³/mol. The zero-order valence-corrected chi connectivity index (χ0v) is 13.5. The Morgan fingerprint density at radius 2 is 1.95 bits per heavy atom. The number of rotatable bonds is 3. The maximum atomic E-state index is 12.6. The van der Waals surface area contributed by atoms with Crippen LogP contribution >= 0.6 is 0 Å². The van der Waals surface area contributed by atoms with Crippen molar-refractivity contribution in [2.45, 2.75) is 39.0 Å². The fourth-order valence-electron chi connectivity index (χ4n) is 4.15. The second-order valence-electron chi connectivity index (χ2n) is 7.47. The topological polar surface area (TPSA) is 35.6 Å². The fraction of sp³-hybridized carbons (Fsp3) is 0.941. The van der Waals surface area contributed by atoms with E-state index in [0.29, 0.717) is 11.8 Å². The van der Waals surface area contributed by atoms with Gasteiger partial charge in [0.2, 0.25) is 5.91 Å².